The van der Waals surface area contributed by atoms with Gasteiger partial charge in [-0.15, -0.1) is 0 Å². The second-order valence-electron chi connectivity index (χ2n) is 4.20. The Balaban J connectivity index is 2.38. The van der Waals surface area contributed by atoms with Crippen molar-refractivity contribution in [1.82, 2.24) is 0 Å². The molecule has 2 aromatic carbocycles. The molecule has 2 rings (SSSR count). The molecule has 0 aliphatic carbocycles. The molecule has 8 heteroatoms. The summed E-state index contributed by atoms with van der Waals surface area (Å²) in [6, 6.07) is 6.70. The molecule has 0 fully saturated rings. The van der Waals surface area contributed by atoms with Crippen molar-refractivity contribution < 1.29 is 17.2 Å². The first-order valence-electron chi connectivity index (χ1n) is 5.80. The van der Waals surface area contributed by atoms with Gasteiger partial charge in [-0.25, -0.2) is 17.2 Å². The number of benzene rings is 2. The van der Waals surface area contributed by atoms with Crippen LogP contribution in [0.3, 0.4) is 0 Å². The molecular formula is C13H11ClF2N2O2S. The average Bonchev–Trinajstić information content (AvgIpc) is 2.41. The van der Waals surface area contributed by atoms with Crippen LogP contribution in [0.1, 0.15) is 5.56 Å². The Kier molecular flexibility index (Phi) is 4.46. The Morgan fingerprint density at radius 1 is 1.14 bits per heavy atom. The van der Waals surface area contributed by atoms with E-state index in [1.54, 1.807) is 0 Å². The van der Waals surface area contributed by atoms with E-state index in [9.17, 15) is 17.2 Å². The minimum absolute atomic E-state index is 0.0343. The molecule has 0 spiro atoms. The fraction of sp³-hybridized carbons (Fsp3) is 0.0769. The molecule has 0 saturated carbocycles. The quantitative estimate of drug-likeness (QED) is 0.904. The number of sulfonamides is 1. The van der Waals surface area contributed by atoms with Crippen molar-refractivity contribution in [3.05, 3.63) is 58.6 Å². The molecule has 2 aromatic rings. The van der Waals surface area contributed by atoms with Crippen LogP contribution < -0.4 is 10.5 Å². The molecule has 0 amide bonds. The monoisotopic (exact) mass is 332 g/mol. The van der Waals surface area contributed by atoms with Gasteiger partial charge in [-0.2, -0.15) is 0 Å². The maximum Gasteiger partial charge on any atom is 0.263 e. The SMILES string of the molecule is NCc1ccc(S(=O)(=O)Nc2ccc(F)cc2F)c(Cl)c1. The van der Waals surface area contributed by atoms with Crippen molar-refractivity contribution in [1.29, 1.82) is 0 Å². The van der Waals surface area contributed by atoms with E-state index < -0.39 is 21.7 Å². The van der Waals surface area contributed by atoms with Crippen LogP contribution in [0, 0.1) is 11.6 Å². The van der Waals surface area contributed by atoms with Crippen molar-refractivity contribution in [3.8, 4) is 0 Å². The molecule has 4 nitrogen and oxygen atoms in total. The number of nitrogens with two attached hydrogens (primary N) is 1. The summed E-state index contributed by atoms with van der Waals surface area (Å²) in [4.78, 5) is -0.218. The van der Waals surface area contributed by atoms with E-state index in [-0.39, 0.29) is 22.2 Å². The predicted molar refractivity (Wildman–Crippen MR) is 76.5 cm³/mol. The minimum atomic E-state index is -4.09. The van der Waals surface area contributed by atoms with E-state index in [1.807, 2.05) is 4.72 Å². The first-order chi connectivity index (χ1) is 9.83. The van der Waals surface area contributed by atoms with E-state index in [1.165, 1.54) is 18.2 Å². The van der Waals surface area contributed by atoms with Crippen LogP contribution in [0.15, 0.2) is 41.3 Å². The Labute approximate surface area is 125 Å². The zero-order chi connectivity index (χ0) is 15.6. The van der Waals surface area contributed by atoms with Gasteiger partial charge in [0.25, 0.3) is 10.0 Å². The number of hydrogen-bond donors (Lipinski definition) is 2. The molecule has 0 aromatic heterocycles. The summed E-state index contributed by atoms with van der Waals surface area (Å²) in [7, 11) is -4.09. The van der Waals surface area contributed by atoms with Crippen LogP contribution in [0.2, 0.25) is 5.02 Å². The molecular weight excluding hydrogens is 322 g/mol. The Hall–Kier alpha value is -1.70. The van der Waals surface area contributed by atoms with Crippen molar-refractivity contribution in [2.75, 3.05) is 4.72 Å². The maximum absolute atomic E-state index is 13.5. The number of rotatable bonds is 4. The van der Waals surface area contributed by atoms with Gasteiger partial charge in [0.2, 0.25) is 0 Å². The third kappa shape index (κ3) is 3.49. The van der Waals surface area contributed by atoms with Crippen molar-refractivity contribution in [3.63, 3.8) is 0 Å². The van der Waals surface area contributed by atoms with Crippen LogP contribution in [0.5, 0.6) is 0 Å². The largest absolute Gasteiger partial charge is 0.326 e. The van der Waals surface area contributed by atoms with Gasteiger partial charge in [0.15, 0.2) is 0 Å². The molecule has 0 radical (unpaired) electrons. The van der Waals surface area contributed by atoms with E-state index in [0.717, 1.165) is 12.1 Å². The fourth-order valence-electron chi connectivity index (χ4n) is 1.66. The second kappa shape index (κ2) is 5.97. The molecule has 3 N–H and O–H groups in total. The normalized spacial score (nSPS) is 11.4. The summed E-state index contributed by atoms with van der Waals surface area (Å²) in [6.45, 7) is 0.208. The van der Waals surface area contributed by atoms with Gasteiger partial charge in [0, 0.05) is 12.6 Å². The number of nitrogens with one attached hydrogen (secondary N) is 1. The summed E-state index contributed by atoms with van der Waals surface area (Å²) in [6.07, 6.45) is 0. The highest BCUT2D eigenvalue weighted by molar-refractivity contribution is 7.92. The third-order valence-electron chi connectivity index (χ3n) is 2.70. The zero-order valence-electron chi connectivity index (χ0n) is 10.6. The number of anilines is 1. The minimum Gasteiger partial charge on any atom is -0.326 e. The summed E-state index contributed by atoms with van der Waals surface area (Å²) >= 11 is 5.90. The summed E-state index contributed by atoms with van der Waals surface area (Å²) in [5.41, 5.74) is 5.72. The number of halogens is 3. The highest BCUT2D eigenvalue weighted by atomic mass is 35.5. The van der Waals surface area contributed by atoms with E-state index in [0.29, 0.717) is 11.6 Å². The molecule has 0 saturated heterocycles. The van der Waals surface area contributed by atoms with Crippen LogP contribution >= 0.6 is 11.6 Å². The molecule has 21 heavy (non-hydrogen) atoms. The molecule has 0 aliphatic rings. The van der Waals surface area contributed by atoms with E-state index in [2.05, 4.69) is 0 Å². The van der Waals surface area contributed by atoms with Crippen molar-refractivity contribution >= 4 is 27.3 Å². The highest BCUT2D eigenvalue weighted by Crippen LogP contribution is 2.26. The molecule has 112 valence electrons. The topological polar surface area (TPSA) is 72.2 Å². The first-order valence-corrected chi connectivity index (χ1v) is 7.66. The zero-order valence-corrected chi connectivity index (χ0v) is 12.2. The van der Waals surface area contributed by atoms with Gasteiger partial charge in [0.1, 0.15) is 16.5 Å². The first kappa shape index (κ1) is 15.7. The average molecular weight is 333 g/mol. The fourth-order valence-corrected chi connectivity index (χ4v) is 3.30. The summed E-state index contributed by atoms with van der Waals surface area (Å²) < 4.78 is 52.7. The molecule has 0 heterocycles. The number of hydrogen-bond acceptors (Lipinski definition) is 3. The third-order valence-corrected chi connectivity index (χ3v) is 4.55. The molecule has 0 atom stereocenters. The van der Waals surface area contributed by atoms with Crippen LogP contribution in [0.4, 0.5) is 14.5 Å². The highest BCUT2D eigenvalue weighted by Gasteiger charge is 2.20. The Morgan fingerprint density at radius 2 is 1.86 bits per heavy atom. The lowest BCUT2D eigenvalue weighted by Gasteiger charge is -2.11. The second-order valence-corrected chi connectivity index (χ2v) is 6.26. The predicted octanol–water partition coefficient (Wildman–Crippen LogP) is 2.88. The van der Waals surface area contributed by atoms with Gasteiger partial charge >= 0.3 is 0 Å². The maximum atomic E-state index is 13.5. The standard InChI is InChI=1S/C13H11ClF2N2O2S/c14-10-5-8(7-17)1-4-13(10)21(19,20)18-12-3-2-9(15)6-11(12)16/h1-6,18H,7,17H2. The Bertz CT molecular complexity index is 782. The van der Waals surface area contributed by atoms with Crippen molar-refractivity contribution in [2.45, 2.75) is 11.4 Å². The molecule has 0 aliphatic heterocycles. The van der Waals surface area contributed by atoms with Gasteiger partial charge in [-0.1, -0.05) is 17.7 Å². The van der Waals surface area contributed by atoms with Crippen molar-refractivity contribution in [2.24, 2.45) is 5.73 Å². The van der Waals surface area contributed by atoms with Gasteiger partial charge in [0.05, 0.1) is 10.7 Å². The van der Waals surface area contributed by atoms with Gasteiger partial charge < -0.3 is 5.73 Å². The lowest BCUT2D eigenvalue weighted by atomic mass is 10.2. The Morgan fingerprint density at radius 3 is 2.43 bits per heavy atom. The lowest BCUT2D eigenvalue weighted by Crippen LogP contribution is -2.15. The van der Waals surface area contributed by atoms with Gasteiger partial charge in [-0.3, -0.25) is 4.72 Å². The summed E-state index contributed by atoms with van der Waals surface area (Å²) in [5.74, 6) is -1.82. The van der Waals surface area contributed by atoms with Crippen LogP contribution in [0.25, 0.3) is 0 Å². The van der Waals surface area contributed by atoms with Gasteiger partial charge in [-0.05, 0) is 29.8 Å². The molecule has 0 unspecified atom stereocenters. The lowest BCUT2D eigenvalue weighted by molar-refractivity contribution is 0.583. The van der Waals surface area contributed by atoms with E-state index >= 15 is 0 Å². The summed E-state index contributed by atoms with van der Waals surface area (Å²) in [5, 5.41) is -0.0343. The van der Waals surface area contributed by atoms with E-state index in [4.69, 9.17) is 17.3 Å². The van der Waals surface area contributed by atoms with Crippen LogP contribution in [-0.4, -0.2) is 8.42 Å². The van der Waals surface area contributed by atoms with Crippen LogP contribution in [-0.2, 0) is 16.6 Å². The smallest absolute Gasteiger partial charge is 0.263 e. The molecule has 0 bridgehead atoms.